The first-order valence-electron chi connectivity index (χ1n) is 8.78. The molecule has 0 aliphatic rings. The number of amides is 1. The fourth-order valence-corrected chi connectivity index (χ4v) is 2.87. The molecule has 6 heteroatoms. The fourth-order valence-electron chi connectivity index (χ4n) is 2.87. The van der Waals surface area contributed by atoms with Crippen LogP contribution in [0.5, 0.6) is 0 Å². The van der Waals surface area contributed by atoms with Crippen LogP contribution in [0, 0.1) is 10.1 Å². The van der Waals surface area contributed by atoms with Crippen molar-refractivity contribution in [1.29, 1.82) is 0 Å². The van der Waals surface area contributed by atoms with Crippen molar-refractivity contribution in [3.63, 3.8) is 0 Å². The quantitative estimate of drug-likeness (QED) is 0.504. The predicted octanol–water partition coefficient (Wildman–Crippen LogP) is 3.90. The molecule has 1 amide bonds. The third-order valence-electron chi connectivity index (χ3n) is 4.53. The van der Waals surface area contributed by atoms with Gasteiger partial charge >= 0.3 is 0 Å². The molecule has 0 spiro atoms. The minimum absolute atomic E-state index is 0.0286. The van der Waals surface area contributed by atoms with Gasteiger partial charge in [0.2, 0.25) is 0 Å². The molecule has 0 bridgehead atoms. The first kappa shape index (κ1) is 19.3. The van der Waals surface area contributed by atoms with Crippen molar-refractivity contribution in [2.75, 3.05) is 6.54 Å². The molecule has 0 aliphatic heterocycles. The summed E-state index contributed by atoms with van der Waals surface area (Å²) in [5.41, 5.74) is 1.49. The number of non-ortho nitro benzene ring substituents is 1. The van der Waals surface area contributed by atoms with Crippen molar-refractivity contribution >= 4 is 11.6 Å². The first-order chi connectivity index (χ1) is 13.4. The summed E-state index contributed by atoms with van der Waals surface area (Å²) in [5, 5.41) is 24.2. The van der Waals surface area contributed by atoms with Gasteiger partial charge in [-0.3, -0.25) is 14.9 Å². The van der Waals surface area contributed by atoms with E-state index in [9.17, 15) is 20.0 Å². The summed E-state index contributed by atoms with van der Waals surface area (Å²) < 4.78 is 0. The lowest BCUT2D eigenvalue weighted by molar-refractivity contribution is -0.384. The van der Waals surface area contributed by atoms with E-state index in [0.717, 1.165) is 11.1 Å². The molecular weight excluding hydrogens is 356 g/mol. The number of benzene rings is 3. The average molecular weight is 376 g/mol. The third kappa shape index (κ3) is 4.42. The molecule has 0 saturated carbocycles. The van der Waals surface area contributed by atoms with Gasteiger partial charge in [-0.15, -0.1) is 0 Å². The second-order valence-electron chi connectivity index (χ2n) is 6.71. The Hall–Kier alpha value is -3.51. The van der Waals surface area contributed by atoms with Crippen LogP contribution in [0.2, 0.25) is 0 Å². The van der Waals surface area contributed by atoms with Crippen molar-refractivity contribution in [2.24, 2.45) is 0 Å². The zero-order valence-electron chi connectivity index (χ0n) is 15.3. The lowest BCUT2D eigenvalue weighted by Crippen LogP contribution is -2.38. The predicted molar refractivity (Wildman–Crippen MR) is 107 cm³/mol. The van der Waals surface area contributed by atoms with Crippen molar-refractivity contribution in [1.82, 2.24) is 5.32 Å². The van der Waals surface area contributed by atoms with E-state index in [-0.39, 0.29) is 17.8 Å². The van der Waals surface area contributed by atoms with E-state index in [1.165, 1.54) is 24.3 Å². The van der Waals surface area contributed by atoms with E-state index in [0.29, 0.717) is 5.56 Å². The Labute approximate surface area is 162 Å². The summed E-state index contributed by atoms with van der Waals surface area (Å²) >= 11 is 0. The number of carbonyl (C=O) groups is 1. The second kappa shape index (κ2) is 8.02. The van der Waals surface area contributed by atoms with Gasteiger partial charge in [0.1, 0.15) is 5.60 Å². The van der Waals surface area contributed by atoms with Crippen LogP contribution in [0.3, 0.4) is 0 Å². The van der Waals surface area contributed by atoms with Crippen LogP contribution in [-0.4, -0.2) is 22.5 Å². The monoisotopic (exact) mass is 376 g/mol. The normalized spacial score (nSPS) is 12.8. The third-order valence-corrected chi connectivity index (χ3v) is 4.53. The molecule has 3 aromatic rings. The lowest BCUT2D eigenvalue weighted by Gasteiger charge is -2.24. The Balaban J connectivity index is 1.69. The SMILES string of the molecule is CC(O)(CNC(=O)c1cccc([N+](=O)[O-])c1)c1ccc(-c2ccccc2)cc1. The van der Waals surface area contributed by atoms with E-state index >= 15 is 0 Å². The fraction of sp³-hybridized carbons (Fsp3) is 0.136. The smallest absolute Gasteiger partial charge is 0.270 e. The summed E-state index contributed by atoms with van der Waals surface area (Å²) in [6.45, 7) is 1.58. The van der Waals surface area contributed by atoms with Gasteiger partial charge in [-0.25, -0.2) is 0 Å². The van der Waals surface area contributed by atoms with Crippen LogP contribution in [0.1, 0.15) is 22.8 Å². The number of nitrogens with zero attached hydrogens (tertiary/aromatic N) is 1. The summed E-state index contributed by atoms with van der Waals surface area (Å²) in [6, 6.07) is 22.8. The van der Waals surface area contributed by atoms with Crippen molar-refractivity contribution in [3.8, 4) is 11.1 Å². The molecule has 142 valence electrons. The Morgan fingerprint density at radius 2 is 1.64 bits per heavy atom. The van der Waals surface area contributed by atoms with Crippen LogP contribution >= 0.6 is 0 Å². The summed E-state index contributed by atoms with van der Waals surface area (Å²) in [4.78, 5) is 22.6. The number of aliphatic hydroxyl groups is 1. The number of nitro benzene ring substituents is 1. The Morgan fingerprint density at radius 3 is 2.29 bits per heavy atom. The van der Waals surface area contributed by atoms with E-state index in [1.807, 2.05) is 54.6 Å². The highest BCUT2D eigenvalue weighted by molar-refractivity contribution is 5.94. The minimum atomic E-state index is -1.29. The van der Waals surface area contributed by atoms with Crippen LogP contribution in [0.15, 0.2) is 78.9 Å². The van der Waals surface area contributed by atoms with Crippen molar-refractivity contribution in [3.05, 3.63) is 100 Å². The van der Waals surface area contributed by atoms with Crippen LogP contribution in [-0.2, 0) is 5.60 Å². The highest BCUT2D eigenvalue weighted by atomic mass is 16.6. The standard InChI is InChI=1S/C22H20N2O4/c1-22(26,15-23-21(25)18-8-5-9-20(14-18)24(27)28)19-12-10-17(11-13-19)16-6-3-2-4-7-16/h2-14,26H,15H2,1H3,(H,23,25). The molecule has 0 fully saturated rings. The molecule has 28 heavy (non-hydrogen) atoms. The van der Waals surface area contributed by atoms with E-state index < -0.39 is 16.4 Å². The van der Waals surface area contributed by atoms with Gasteiger partial charge in [-0.1, -0.05) is 60.7 Å². The molecule has 1 unspecified atom stereocenters. The molecule has 0 aliphatic carbocycles. The summed E-state index contributed by atoms with van der Waals surface area (Å²) in [7, 11) is 0. The number of hydrogen-bond donors (Lipinski definition) is 2. The number of carbonyl (C=O) groups excluding carboxylic acids is 1. The molecule has 6 nitrogen and oxygen atoms in total. The number of hydrogen-bond acceptors (Lipinski definition) is 4. The largest absolute Gasteiger partial charge is 0.384 e. The zero-order chi connectivity index (χ0) is 20.1. The average Bonchev–Trinajstić information content (AvgIpc) is 2.73. The minimum Gasteiger partial charge on any atom is -0.384 e. The maximum atomic E-state index is 12.3. The van der Waals surface area contributed by atoms with E-state index in [4.69, 9.17) is 0 Å². The number of nitrogens with one attached hydrogen (secondary N) is 1. The summed E-state index contributed by atoms with van der Waals surface area (Å²) in [6.07, 6.45) is 0. The van der Waals surface area contributed by atoms with Gasteiger partial charge in [0.15, 0.2) is 0 Å². The molecule has 0 aromatic heterocycles. The molecule has 0 saturated heterocycles. The maximum Gasteiger partial charge on any atom is 0.270 e. The van der Waals surface area contributed by atoms with E-state index in [1.54, 1.807) is 6.92 Å². The molecular formula is C22H20N2O4. The highest BCUT2D eigenvalue weighted by Crippen LogP contribution is 2.25. The van der Waals surface area contributed by atoms with Crippen LogP contribution in [0.25, 0.3) is 11.1 Å². The molecule has 1 atom stereocenters. The molecule has 3 rings (SSSR count). The van der Waals surface area contributed by atoms with Crippen LogP contribution in [0.4, 0.5) is 5.69 Å². The second-order valence-corrected chi connectivity index (χ2v) is 6.71. The maximum absolute atomic E-state index is 12.3. The van der Waals surface area contributed by atoms with Gasteiger partial charge in [-0.05, 0) is 29.7 Å². The van der Waals surface area contributed by atoms with E-state index in [2.05, 4.69) is 5.32 Å². The van der Waals surface area contributed by atoms with Crippen LogP contribution < -0.4 is 5.32 Å². The molecule has 3 aromatic carbocycles. The topological polar surface area (TPSA) is 92.5 Å². The molecule has 0 radical (unpaired) electrons. The van der Waals surface area contributed by atoms with Gasteiger partial charge in [-0.2, -0.15) is 0 Å². The Kier molecular flexibility index (Phi) is 5.52. The number of rotatable bonds is 6. The van der Waals surface area contributed by atoms with Crippen molar-refractivity contribution in [2.45, 2.75) is 12.5 Å². The highest BCUT2D eigenvalue weighted by Gasteiger charge is 2.24. The zero-order valence-corrected chi connectivity index (χ0v) is 15.3. The van der Waals surface area contributed by atoms with Gasteiger partial charge in [0.05, 0.1) is 11.5 Å². The number of nitro groups is 1. The Bertz CT molecular complexity index is 983. The lowest BCUT2D eigenvalue weighted by atomic mass is 9.93. The Morgan fingerprint density at radius 1 is 1.00 bits per heavy atom. The summed E-state index contributed by atoms with van der Waals surface area (Å²) in [5.74, 6) is -0.482. The molecule has 2 N–H and O–H groups in total. The van der Waals surface area contributed by atoms with Gasteiger partial charge in [0.25, 0.3) is 11.6 Å². The first-order valence-corrected chi connectivity index (χ1v) is 8.78. The van der Waals surface area contributed by atoms with Gasteiger partial charge in [0, 0.05) is 17.7 Å². The van der Waals surface area contributed by atoms with Crippen molar-refractivity contribution < 1.29 is 14.8 Å². The molecule has 0 heterocycles. The van der Waals surface area contributed by atoms with Gasteiger partial charge < -0.3 is 10.4 Å².